The molecule has 7 heteroatoms. The summed E-state index contributed by atoms with van der Waals surface area (Å²) < 4.78 is 5.10. The molecule has 0 atom stereocenters. The lowest BCUT2D eigenvalue weighted by Crippen LogP contribution is -2.32. The van der Waals surface area contributed by atoms with Gasteiger partial charge in [-0.3, -0.25) is 14.6 Å². The molecule has 2 amide bonds. The minimum absolute atomic E-state index is 0.0773. The van der Waals surface area contributed by atoms with E-state index in [1.807, 2.05) is 4.90 Å². The second kappa shape index (κ2) is 8.86. The Morgan fingerprint density at radius 1 is 1.07 bits per heavy atom. The fourth-order valence-corrected chi connectivity index (χ4v) is 3.34. The van der Waals surface area contributed by atoms with E-state index in [1.54, 1.807) is 24.3 Å². The maximum absolute atomic E-state index is 12.7. The van der Waals surface area contributed by atoms with Crippen molar-refractivity contribution in [3.63, 3.8) is 0 Å². The standard InChI is InChI=1S/C20H22ClN3O3/c1-27-18-7-6-16(11-17(18)21)23-19(25)14-10-15(13-22-12-14)20(26)24-8-4-2-3-5-9-24/h6-7,10-13H,2-5,8-9H2,1H3,(H,23,25). The number of ether oxygens (including phenoxy) is 1. The van der Waals surface area contributed by atoms with Gasteiger partial charge in [-0.15, -0.1) is 0 Å². The molecule has 0 saturated carbocycles. The fourth-order valence-electron chi connectivity index (χ4n) is 3.08. The number of amides is 2. The molecule has 0 radical (unpaired) electrons. The number of rotatable bonds is 4. The fraction of sp³-hybridized carbons (Fsp3) is 0.350. The number of carbonyl (C=O) groups excluding carboxylic acids is 2. The van der Waals surface area contributed by atoms with Gasteiger partial charge in [-0.25, -0.2) is 0 Å². The minimum Gasteiger partial charge on any atom is -0.495 e. The zero-order chi connectivity index (χ0) is 19.2. The van der Waals surface area contributed by atoms with Crippen LogP contribution in [0.2, 0.25) is 5.02 Å². The van der Waals surface area contributed by atoms with Crippen LogP contribution in [-0.2, 0) is 0 Å². The largest absolute Gasteiger partial charge is 0.495 e. The van der Waals surface area contributed by atoms with Crippen LogP contribution in [0.1, 0.15) is 46.4 Å². The van der Waals surface area contributed by atoms with E-state index in [-0.39, 0.29) is 11.8 Å². The third-order valence-electron chi connectivity index (χ3n) is 4.55. The summed E-state index contributed by atoms with van der Waals surface area (Å²) in [6, 6.07) is 6.57. The van der Waals surface area contributed by atoms with Crippen molar-refractivity contribution in [3.05, 3.63) is 52.8 Å². The summed E-state index contributed by atoms with van der Waals surface area (Å²) >= 11 is 6.09. The second-order valence-electron chi connectivity index (χ2n) is 6.47. The van der Waals surface area contributed by atoms with Crippen LogP contribution in [-0.4, -0.2) is 41.9 Å². The van der Waals surface area contributed by atoms with Gasteiger partial charge < -0.3 is 15.0 Å². The van der Waals surface area contributed by atoms with Crippen molar-refractivity contribution in [2.24, 2.45) is 0 Å². The molecule has 2 heterocycles. The van der Waals surface area contributed by atoms with E-state index in [2.05, 4.69) is 10.3 Å². The van der Waals surface area contributed by atoms with E-state index in [4.69, 9.17) is 16.3 Å². The number of anilines is 1. The molecule has 1 N–H and O–H groups in total. The Morgan fingerprint density at radius 3 is 2.44 bits per heavy atom. The first-order chi connectivity index (χ1) is 13.1. The van der Waals surface area contributed by atoms with Crippen molar-refractivity contribution in [2.45, 2.75) is 25.7 Å². The first-order valence-electron chi connectivity index (χ1n) is 8.97. The number of nitrogens with zero attached hydrogens (tertiary/aromatic N) is 2. The van der Waals surface area contributed by atoms with E-state index in [9.17, 15) is 9.59 Å². The average Bonchev–Trinajstić information content (AvgIpc) is 2.97. The molecule has 27 heavy (non-hydrogen) atoms. The molecule has 3 rings (SSSR count). The molecular weight excluding hydrogens is 366 g/mol. The lowest BCUT2D eigenvalue weighted by atomic mass is 10.1. The van der Waals surface area contributed by atoms with Crippen molar-refractivity contribution in [2.75, 3.05) is 25.5 Å². The maximum atomic E-state index is 12.7. The van der Waals surface area contributed by atoms with Gasteiger partial charge in [-0.1, -0.05) is 24.4 Å². The van der Waals surface area contributed by atoms with Crippen LogP contribution < -0.4 is 10.1 Å². The summed E-state index contributed by atoms with van der Waals surface area (Å²) in [4.78, 5) is 31.2. The van der Waals surface area contributed by atoms with Crippen LogP contribution in [0.5, 0.6) is 5.75 Å². The van der Waals surface area contributed by atoms with Gasteiger partial charge in [0.2, 0.25) is 0 Å². The van der Waals surface area contributed by atoms with Gasteiger partial charge in [-0.05, 0) is 37.1 Å². The Bertz CT molecular complexity index is 833. The molecule has 1 saturated heterocycles. The zero-order valence-electron chi connectivity index (χ0n) is 15.2. The summed E-state index contributed by atoms with van der Waals surface area (Å²) in [6.45, 7) is 1.50. The second-order valence-corrected chi connectivity index (χ2v) is 6.88. The smallest absolute Gasteiger partial charge is 0.257 e. The predicted molar refractivity (Wildman–Crippen MR) is 105 cm³/mol. The Balaban J connectivity index is 1.73. The molecular formula is C20H22ClN3O3. The average molecular weight is 388 g/mol. The van der Waals surface area contributed by atoms with Crippen molar-refractivity contribution >= 4 is 29.1 Å². The number of hydrogen-bond donors (Lipinski definition) is 1. The van der Waals surface area contributed by atoms with E-state index in [1.165, 1.54) is 19.5 Å². The topological polar surface area (TPSA) is 71.5 Å². The number of benzene rings is 1. The number of likely N-dealkylation sites (tertiary alicyclic amines) is 1. The summed E-state index contributed by atoms with van der Waals surface area (Å²) in [5.74, 6) is 0.0992. The number of methoxy groups -OCH3 is 1. The van der Waals surface area contributed by atoms with Gasteiger partial charge in [0.15, 0.2) is 0 Å². The number of aromatic nitrogens is 1. The van der Waals surface area contributed by atoms with Crippen molar-refractivity contribution in [1.29, 1.82) is 0 Å². The van der Waals surface area contributed by atoms with Gasteiger partial charge in [0, 0.05) is 31.2 Å². The summed E-state index contributed by atoms with van der Waals surface area (Å²) in [5.41, 5.74) is 1.29. The van der Waals surface area contributed by atoms with Crippen LogP contribution in [0.25, 0.3) is 0 Å². The number of hydrogen-bond acceptors (Lipinski definition) is 4. The van der Waals surface area contributed by atoms with Gasteiger partial charge in [0.25, 0.3) is 11.8 Å². The number of carbonyl (C=O) groups is 2. The highest BCUT2D eigenvalue weighted by Crippen LogP contribution is 2.27. The first-order valence-corrected chi connectivity index (χ1v) is 9.35. The van der Waals surface area contributed by atoms with Gasteiger partial charge in [0.1, 0.15) is 5.75 Å². The van der Waals surface area contributed by atoms with Crippen molar-refractivity contribution in [3.8, 4) is 5.75 Å². The molecule has 1 aliphatic heterocycles. The number of nitrogens with one attached hydrogen (secondary N) is 1. The molecule has 0 unspecified atom stereocenters. The highest BCUT2D eigenvalue weighted by atomic mass is 35.5. The van der Waals surface area contributed by atoms with Gasteiger partial charge in [0.05, 0.1) is 23.3 Å². The van der Waals surface area contributed by atoms with Gasteiger partial charge in [-0.2, -0.15) is 0 Å². The van der Waals surface area contributed by atoms with Crippen molar-refractivity contribution in [1.82, 2.24) is 9.88 Å². The third kappa shape index (κ3) is 4.77. The Hall–Kier alpha value is -2.60. The number of halogens is 1. The molecule has 0 aliphatic carbocycles. The lowest BCUT2D eigenvalue weighted by Gasteiger charge is -2.20. The quantitative estimate of drug-likeness (QED) is 0.860. The SMILES string of the molecule is COc1ccc(NC(=O)c2cncc(C(=O)N3CCCCCC3)c2)cc1Cl. The maximum Gasteiger partial charge on any atom is 0.257 e. The Kier molecular flexibility index (Phi) is 6.29. The minimum atomic E-state index is -0.353. The molecule has 2 aromatic rings. The van der Waals surface area contributed by atoms with Crippen LogP contribution in [0.15, 0.2) is 36.7 Å². The Morgan fingerprint density at radius 2 is 1.78 bits per heavy atom. The Labute approximate surface area is 163 Å². The van der Waals surface area contributed by atoms with Crippen molar-refractivity contribution < 1.29 is 14.3 Å². The van der Waals surface area contributed by atoms with Gasteiger partial charge >= 0.3 is 0 Å². The molecule has 1 aliphatic rings. The van der Waals surface area contributed by atoms with E-state index < -0.39 is 0 Å². The van der Waals surface area contributed by atoms with Crippen LogP contribution >= 0.6 is 11.6 Å². The monoisotopic (exact) mass is 387 g/mol. The van der Waals surface area contributed by atoms with E-state index >= 15 is 0 Å². The first kappa shape index (κ1) is 19.2. The summed E-state index contributed by atoms with van der Waals surface area (Å²) in [7, 11) is 1.53. The van der Waals surface area contributed by atoms with E-state index in [0.29, 0.717) is 27.6 Å². The van der Waals surface area contributed by atoms with E-state index in [0.717, 1.165) is 38.8 Å². The molecule has 142 valence electrons. The van der Waals surface area contributed by atoms with Crippen LogP contribution in [0.3, 0.4) is 0 Å². The molecule has 1 aromatic heterocycles. The predicted octanol–water partition coefficient (Wildman–Crippen LogP) is 4.01. The molecule has 1 fully saturated rings. The normalized spacial score (nSPS) is 14.4. The third-order valence-corrected chi connectivity index (χ3v) is 4.85. The van der Waals surface area contributed by atoms with Crippen LogP contribution in [0, 0.1) is 0 Å². The molecule has 0 spiro atoms. The molecule has 6 nitrogen and oxygen atoms in total. The summed E-state index contributed by atoms with van der Waals surface area (Å²) in [6.07, 6.45) is 7.27. The number of pyridine rings is 1. The summed E-state index contributed by atoms with van der Waals surface area (Å²) in [5, 5.41) is 3.16. The highest BCUT2D eigenvalue weighted by molar-refractivity contribution is 6.32. The zero-order valence-corrected chi connectivity index (χ0v) is 16.0. The molecule has 1 aromatic carbocycles. The highest BCUT2D eigenvalue weighted by Gasteiger charge is 2.19. The van der Waals surface area contributed by atoms with Crippen LogP contribution in [0.4, 0.5) is 5.69 Å². The molecule has 0 bridgehead atoms. The lowest BCUT2D eigenvalue weighted by molar-refractivity contribution is 0.0761.